The standard InChI is InChI=1S/C13H19N3OS/c1-13(2,11(17)14-3)9-15-12(18)16-10-7-5-4-6-8-10/h4-8H,9H2,1-3H3,(H,14,17)(H2,15,16,18). The lowest BCUT2D eigenvalue weighted by atomic mass is 9.92. The van der Waals surface area contributed by atoms with Crippen molar-refractivity contribution in [1.82, 2.24) is 10.6 Å². The fourth-order valence-electron chi connectivity index (χ4n) is 1.42. The van der Waals surface area contributed by atoms with Crippen LogP contribution in [0.3, 0.4) is 0 Å². The van der Waals surface area contributed by atoms with Gasteiger partial charge >= 0.3 is 0 Å². The minimum Gasteiger partial charge on any atom is -0.361 e. The molecule has 98 valence electrons. The van der Waals surface area contributed by atoms with Crippen LogP contribution in [-0.4, -0.2) is 24.6 Å². The minimum atomic E-state index is -0.503. The highest BCUT2D eigenvalue weighted by Gasteiger charge is 2.26. The first kappa shape index (κ1) is 14.4. The van der Waals surface area contributed by atoms with Crippen molar-refractivity contribution in [2.24, 2.45) is 5.41 Å². The molecule has 0 saturated carbocycles. The Morgan fingerprint density at radius 1 is 1.28 bits per heavy atom. The number of amides is 1. The molecule has 0 saturated heterocycles. The second kappa shape index (κ2) is 6.35. The van der Waals surface area contributed by atoms with E-state index in [0.717, 1.165) is 5.69 Å². The number of anilines is 1. The summed E-state index contributed by atoms with van der Waals surface area (Å²) in [5.74, 6) is -0.0162. The molecule has 1 rings (SSSR count). The van der Waals surface area contributed by atoms with Crippen LogP contribution in [0.25, 0.3) is 0 Å². The van der Waals surface area contributed by atoms with Crippen LogP contribution in [0.15, 0.2) is 30.3 Å². The second-order valence-corrected chi connectivity index (χ2v) is 5.04. The summed E-state index contributed by atoms with van der Waals surface area (Å²) in [5, 5.41) is 9.25. The molecule has 0 aromatic heterocycles. The van der Waals surface area contributed by atoms with E-state index >= 15 is 0 Å². The SMILES string of the molecule is CNC(=O)C(C)(C)CNC(=S)Nc1ccccc1. The molecule has 0 heterocycles. The number of rotatable bonds is 4. The third kappa shape index (κ3) is 4.33. The Kier molecular flexibility index (Phi) is 5.09. The van der Waals surface area contributed by atoms with Gasteiger partial charge in [0.2, 0.25) is 5.91 Å². The molecule has 0 unspecified atom stereocenters. The molecule has 0 atom stereocenters. The minimum absolute atomic E-state index is 0.0162. The maximum absolute atomic E-state index is 11.6. The van der Waals surface area contributed by atoms with Crippen molar-refractivity contribution in [3.05, 3.63) is 30.3 Å². The molecule has 4 nitrogen and oxygen atoms in total. The van der Waals surface area contributed by atoms with Gasteiger partial charge in [-0.2, -0.15) is 0 Å². The average Bonchev–Trinajstić information content (AvgIpc) is 2.36. The molecule has 18 heavy (non-hydrogen) atoms. The number of hydrogen-bond donors (Lipinski definition) is 3. The third-order valence-corrected chi connectivity index (χ3v) is 2.81. The van der Waals surface area contributed by atoms with Gasteiger partial charge < -0.3 is 16.0 Å². The van der Waals surface area contributed by atoms with Crippen molar-refractivity contribution < 1.29 is 4.79 Å². The van der Waals surface area contributed by atoms with E-state index < -0.39 is 5.41 Å². The zero-order valence-corrected chi connectivity index (χ0v) is 11.7. The molecule has 5 heteroatoms. The lowest BCUT2D eigenvalue weighted by Gasteiger charge is -2.23. The van der Waals surface area contributed by atoms with Crippen molar-refractivity contribution in [1.29, 1.82) is 0 Å². The molecule has 0 spiro atoms. The van der Waals surface area contributed by atoms with Crippen LogP contribution in [-0.2, 0) is 4.79 Å². The molecule has 0 aliphatic carbocycles. The van der Waals surface area contributed by atoms with Gasteiger partial charge in [-0.25, -0.2) is 0 Å². The number of carbonyl (C=O) groups excluding carboxylic acids is 1. The van der Waals surface area contributed by atoms with Gasteiger partial charge in [0.25, 0.3) is 0 Å². The summed E-state index contributed by atoms with van der Waals surface area (Å²) in [6, 6.07) is 9.66. The molecular weight excluding hydrogens is 246 g/mol. The monoisotopic (exact) mass is 265 g/mol. The number of carbonyl (C=O) groups is 1. The summed E-state index contributed by atoms with van der Waals surface area (Å²) in [7, 11) is 1.63. The summed E-state index contributed by atoms with van der Waals surface area (Å²) in [4.78, 5) is 11.6. The Bertz CT molecular complexity index is 418. The quantitative estimate of drug-likeness (QED) is 0.726. The van der Waals surface area contributed by atoms with E-state index in [2.05, 4.69) is 16.0 Å². The second-order valence-electron chi connectivity index (χ2n) is 4.64. The highest BCUT2D eigenvalue weighted by molar-refractivity contribution is 7.80. The maximum atomic E-state index is 11.6. The smallest absolute Gasteiger partial charge is 0.227 e. The highest BCUT2D eigenvalue weighted by atomic mass is 32.1. The van der Waals surface area contributed by atoms with Crippen LogP contribution in [0.1, 0.15) is 13.8 Å². The van der Waals surface area contributed by atoms with Crippen molar-refractivity contribution >= 4 is 28.9 Å². The summed E-state index contributed by atoms with van der Waals surface area (Å²) < 4.78 is 0. The molecule has 0 bridgehead atoms. The molecular formula is C13H19N3OS. The number of hydrogen-bond acceptors (Lipinski definition) is 2. The molecule has 0 aliphatic heterocycles. The molecule has 1 aromatic carbocycles. The average molecular weight is 265 g/mol. The van der Waals surface area contributed by atoms with Gasteiger partial charge in [-0.1, -0.05) is 18.2 Å². The van der Waals surface area contributed by atoms with E-state index in [4.69, 9.17) is 12.2 Å². The zero-order valence-electron chi connectivity index (χ0n) is 10.9. The van der Waals surface area contributed by atoms with Crippen LogP contribution in [0.2, 0.25) is 0 Å². The fourth-order valence-corrected chi connectivity index (χ4v) is 1.61. The van der Waals surface area contributed by atoms with Gasteiger partial charge in [0.05, 0.1) is 5.41 Å². The lowest BCUT2D eigenvalue weighted by molar-refractivity contribution is -0.128. The van der Waals surface area contributed by atoms with Gasteiger partial charge in [-0.05, 0) is 38.2 Å². The predicted octanol–water partition coefficient (Wildman–Crippen LogP) is 1.75. The summed E-state index contributed by atoms with van der Waals surface area (Å²) in [6.45, 7) is 4.21. The Balaban J connectivity index is 2.45. The molecule has 0 aliphatic rings. The van der Waals surface area contributed by atoms with Gasteiger partial charge in [0.1, 0.15) is 0 Å². The van der Waals surface area contributed by atoms with Gasteiger partial charge in [0, 0.05) is 19.3 Å². The first-order valence-electron chi connectivity index (χ1n) is 5.78. The molecule has 0 fully saturated rings. The van der Waals surface area contributed by atoms with Gasteiger partial charge in [0.15, 0.2) is 5.11 Å². The van der Waals surface area contributed by atoms with Crippen molar-refractivity contribution in [2.45, 2.75) is 13.8 Å². The predicted molar refractivity (Wildman–Crippen MR) is 78.5 cm³/mol. The maximum Gasteiger partial charge on any atom is 0.227 e. The van der Waals surface area contributed by atoms with E-state index in [9.17, 15) is 4.79 Å². The number of thiocarbonyl (C=S) groups is 1. The molecule has 1 aromatic rings. The highest BCUT2D eigenvalue weighted by Crippen LogP contribution is 2.13. The van der Waals surface area contributed by atoms with E-state index in [1.54, 1.807) is 7.05 Å². The topological polar surface area (TPSA) is 53.2 Å². The first-order chi connectivity index (χ1) is 8.45. The number of para-hydroxylation sites is 1. The van der Waals surface area contributed by atoms with Crippen molar-refractivity contribution in [3.8, 4) is 0 Å². The van der Waals surface area contributed by atoms with Gasteiger partial charge in [-0.15, -0.1) is 0 Å². The van der Waals surface area contributed by atoms with Crippen LogP contribution in [0.5, 0.6) is 0 Å². The lowest BCUT2D eigenvalue weighted by Crippen LogP contribution is -2.44. The van der Waals surface area contributed by atoms with Crippen LogP contribution < -0.4 is 16.0 Å². The molecule has 0 radical (unpaired) electrons. The van der Waals surface area contributed by atoms with Gasteiger partial charge in [-0.3, -0.25) is 4.79 Å². The van der Waals surface area contributed by atoms with Crippen LogP contribution in [0.4, 0.5) is 5.69 Å². The summed E-state index contributed by atoms with van der Waals surface area (Å²) in [6.07, 6.45) is 0. The number of benzene rings is 1. The first-order valence-corrected chi connectivity index (χ1v) is 6.18. The van der Waals surface area contributed by atoms with Crippen molar-refractivity contribution in [3.63, 3.8) is 0 Å². The van der Waals surface area contributed by atoms with Crippen molar-refractivity contribution in [2.75, 3.05) is 18.9 Å². The number of nitrogens with one attached hydrogen (secondary N) is 3. The van der Waals surface area contributed by atoms with E-state index in [1.807, 2.05) is 44.2 Å². The van der Waals surface area contributed by atoms with Crippen LogP contribution in [0, 0.1) is 5.41 Å². The van der Waals surface area contributed by atoms with Crippen LogP contribution >= 0.6 is 12.2 Å². The Hall–Kier alpha value is -1.62. The third-order valence-electron chi connectivity index (χ3n) is 2.56. The van der Waals surface area contributed by atoms with E-state index in [0.29, 0.717) is 11.7 Å². The Morgan fingerprint density at radius 2 is 1.89 bits per heavy atom. The largest absolute Gasteiger partial charge is 0.361 e. The fraction of sp³-hybridized carbons (Fsp3) is 0.385. The summed E-state index contributed by atoms with van der Waals surface area (Å²) in [5.41, 5.74) is 0.421. The van der Waals surface area contributed by atoms with E-state index in [1.165, 1.54) is 0 Å². The zero-order chi connectivity index (χ0) is 13.6. The molecule has 3 N–H and O–H groups in total. The normalized spacial score (nSPS) is 10.6. The summed E-state index contributed by atoms with van der Waals surface area (Å²) >= 11 is 5.17. The molecule has 1 amide bonds. The van der Waals surface area contributed by atoms with E-state index in [-0.39, 0.29) is 5.91 Å². The Morgan fingerprint density at radius 3 is 2.44 bits per heavy atom. The Labute approximate surface area is 113 Å².